The van der Waals surface area contributed by atoms with Gasteiger partial charge in [0.25, 0.3) is 0 Å². The van der Waals surface area contributed by atoms with Crippen LogP contribution in [0.2, 0.25) is 0 Å². The van der Waals surface area contributed by atoms with Gasteiger partial charge in [-0.05, 0) is 63.7 Å². The Bertz CT molecular complexity index is 539. The number of rotatable bonds is 6. The van der Waals surface area contributed by atoms with Gasteiger partial charge in [0.2, 0.25) is 5.91 Å². The first-order valence-electron chi connectivity index (χ1n) is 8.60. The SMILES string of the molecule is CCc1ccc(C(C)(C)C(=O)NC2(CN3CCC3)CC2)cc1. The van der Waals surface area contributed by atoms with Gasteiger partial charge in [-0.25, -0.2) is 0 Å². The van der Waals surface area contributed by atoms with Crippen LogP contribution in [0.1, 0.15) is 51.2 Å². The molecule has 0 bridgehead atoms. The van der Waals surface area contributed by atoms with Crippen LogP contribution in [0.5, 0.6) is 0 Å². The fourth-order valence-corrected chi connectivity index (χ4v) is 3.13. The topological polar surface area (TPSA) is 32.3 Å². The molecule has 1 aliphatic carbocycles. The third-order valence-corrected chi connectivity index (χ3v) is 5.36. The molecule has 1 N–H and O–H groups in total. The number of carbonyl (C=O) groups is 1. The van der Waals surface area contributed by atoms with Gasteiger partial charge in [-0.3, -0.25) is 4.79 Å². The molecule has 0 aromatic heterocycles. The maximum Gasteiger partial charge on any atom is 0.230 e. The van der Waals surface area contributed by atoms with E-state index >= 15 is 0 Å². The lowest BCUT2D eigenvalue weighted by molar-refractivity contribution is -0.126. The van der Waals surface area contributed by atoms with E-state index in [2.05, 4.69) is 41.4 Å². The summed E-state index contributed by atoms with van der Waals surface area (Å²) in [5, 5.41) is 3.35. The number of hydrogen-bond donors (Lipinski definition) is 1. The summed E-state index contributed by atoms with van der Waals surface area (Å²) in [6.07, 6.45) is 4.59. The lowest BCUT2D eigenvalue weighted by Crippen LogP contribution is -2.53. The lowest BCUT2D eigenvalue weighted by atomic mass is 9.83. The van der Waals surface area contributed by atoms with Crippen LogP contribution in [-0.2, 0) is 16.6 Å². The monoisotopic (exact) mass is 300 g/mol. The largest absolute Gasteiger partial charge is 0.349 e. The molecule has 2 fully saturated rings. The molecule has 1 saturated carbocycles. The van der Waals surface area contributed by atoms with Crippen LogP contribution < -0.4 is 5.32 Å². The van der Waals surface area contributed by atoms with Gasteiger partial charge < -0.3 is 10.2 Å². The smallest absolute Gasteiger partial charge is 0.230 e. The summed E-state index contributed by atoms with van der Waals surface area (Å²) >= 11 is 0. The maximum absolute atomic E-state index is 12.8. The number of hydrogen-bond acceptors (Lipinski definition) is 2. The molecule has 3 rings (SSSR count). The molecule has 2 aliphatic rings. The van der Waals surface area contributed by atoms with Gasteiger partial charge in [0.15, 0.2) is 0 Å². The highest BCUT2D eigenvalue weighted by Gasteiger charge is 2.48. The van der Waals surface area contributed by atoms with Crippen LogP contribution in [0.4, 0.5) is 0 Å². The van der Waals surface area contributed by atoms with Crippen LogP contribution in [0.25, 0.3) is 0 Å². The number of nitrogens with one attached hydrogen (secondary N) is 1. The summed E-state index contributed by atoms with van der Waals surface area (Å²) in [7, 11) is 0. The standard InChI is InChI=1S/C19H28N2O/c1-4-15-6-8-16(9-7-15)18(2,3)17(22)20-19(10-11-19)14-21-12-5-13-21/h6-9H,4-5,10-14H2,1-3H3,(H,20,22). The molecule has 0 unspecified atom stereocenters. The van der Waals surface area contributed by atoms with Crippen molar-refractivity contribution in [3.63, 3.8) is 0 Å². The van der Waals surface area contributed by atoms with Crippen molar-refractivity contribution in [1.29, 1.82) is 0 Å². The number of nitrogens with zero attached hydrogens (tertiary/aromatic N) is 1. The summed E-state index contributed by atoms with van der Waals surface area (Å²) in [6.45, 7) is 9.63. The molecule has 0 spiro atoms. The van der Waals surface area contributed by atoms with Gasteiger partial charge in [0.05, 0.1) is 11.0 Å². The van der Waals surface area contributed by atoms with Crippen molar-refractivity contribution < 1.29 is 4.79 Å². The van der Waals surface area contributed by atoms with Crippen LogP contribution in [0.3, 0.4) is 0 Å². The molecule has 0 atom stereocenters. The summed E-state index contributed by atoms with van der Waals surface area (Å²) in [5.74, 6) is 0.162. The first kappa shape index (κ1) is 15.5. The average Bonchev–Trinajstić information content (AvgIpc) is 3.23. The van der Waals surface area contributed by atoms with Gasteiger partial charge >= 0.3 is 0 Å². The number of aryl methyl sites for hydroxylation is 1. The van der Waals surface area contributed by atoms with E-state index in [-0.39, 0.29) is 11.4 Å². The van der Waals surface area contributed by atoms with Gasteiger partial charge in [-0.15, -0.1) is 0 Å². The molecule has 3 nitrogen and oxygen atoms in total. The highest BCUT2D eigenvalue weighted by molar-refractivity contribution is 5.88. The van der Waals surface area contributed by atoms with Crippen molar-refractivity contribution in [3.05, 3.63) is 35.4 Å². The van der Waals surface area contributed by atoms with Crippen molar-refractivity contribution in [1.82, 2.24) is 10.2 Å². The minimum absolute atomic E-state index is 0.0537. The number of carbonyl (C=O) groups excluding carboxylic acids is 1. The zero-order valence-electron chi connectivity index (χ0n) is 14.1. The molecule has 22 heavy (non-hydrogen) atoms. The Morgan fingerprint density at radius 1 is 1.23 bits per heavy atom. The highest BCUT2D eigenvalue weighted by Crippen LogP contribution is 2.38. The van der Waals surface area contributed by atoms with E-state index in [1.54, 1.807) is 0 Å². The zero-order chi connectivity index (χ0) is 15.8. The fourth-order valence-electron chi connectivity index (χ4n) is 3.13. The van der Waals surface area contributed by atoms with Gasteiger partial charge in [0, 0.05) is 6.54 Å². The maximum atomic E-state index is 12.8. The second-order valence-corrected chi connectivity index (χ2v) is 7.54. The summed E-state index contributed by atoms with van der Waals surface area (Å²) < 4.78 is 0. The van der Waals surface area contributed by atoms with E-state index in [0.717, 1.165) is 31.4 Å². The molecule has 0 radical (unpaired) electrons. The van der Waals surface area contributed by atoms with Gasteiger partial charge in [0.1, 0.15) is 0 Å². The Morgan fingerprint density at radius 3 is 2.32 bits per heavy atom. The van der Waals surface area contributed by atoms with E-state index in [0.29, 0.717) is 0 Å². The molecule has 1 aliphatic heterocycles. The quantitative estimate of drug-likeness (QED) is 0.876. The summed E-state index contributed by atoms with van der Waals surface area (Å²) in [4.78, 5) is 15.3. The highest BCUT2D eigenvalue weighted by atomic mass is 16.2. The van der Waals surface area contributed by atoms with Crippen molar-refractivity contribution in [2.24, 2.45) is 0 Å². The fraction of sp³-hybridized carbons (Fsp3) is 0.632. The molecule has 1 aromatic carbocycles. The van der Waals surface area contributed by atoms with Crippen LogP contribution in [0.15, 0.2) is 24.3 Å². The third-order valence-electron chi connectivity index (χ3n) is 5.36. The number of benzene rings is 1. The van der Waals surface area contributed by atoms with Crippen LogP contribution >= 0.6 is 0 Å². The minimum Gasteiger partial charge on any atom is -0.349 e. The predicted octanol–water partition coefficient (Wildman–Crippen LogP) is 2.88. The van der Waals surface area contributed by atoms with Gasteiger partial charge in [-0.1, -0.05) is 31.2 Å². The number of amides is 1. The Balaban J connectivity index is 1.66. The average molecular weight is 300 g/mol. The third kappa shape index (κ3) is 3.05. The summed E-state index contributed by atoms with van der Waals surface area (Å²) in [6, 6.07) is 8.48. The lowest BCUT2D eigenvalue weighted by Gasteiger charge is -2.36. The molecule has 1 saturated heterocycles. The molecule has 120 valence electrons. The minimum atomic E-state index is -0.475. The first-order valence-corrected chi connectivity index (χ1v) is 8.60. The van der Waals surface area contributed by atoms with Crippen LogP contribution in [-0.4, -0.2) is 36.0 Å². The van der Waals surface area contributed by atoms with E-state index in [4.69, 9.17) is 0 Å². The van der Waals surface area contributed by atoms with Crippen LogP contribution in [0, 0.1) is 0 Å². The van der Waals surface area contributed by atoms with E-state index in [9.17, 15) is 4.79 Å². The Labute approximate surface area is 134 Å². The summed E-state index contributed by atoms with van der Waals surface area (Å²) in [5.41, 5.74) is 1.99. The van der Waals surface area contributed by atoms with Crippen molar-refractivity contribution in [2.75, 3.05) is 19.6 Å². The predicted molar refractivity (Wildman–Crippen MR) is 90.0 cm³/mol. The molecular weight excluding hydrogens is 272 g/mol. The molecule has 3 heteroatoms. The first-order chi connectivity index (χ1) is 10.5. The molecular formula is C19H28N2O. The van der Waals surface area contributed by atoms with E-state index < -0.39 is 5.41 Å². The Hall–Kier alpha value is -1.35. The van der Waals surface area contributed by atoms with E-state index in [1.807, 2.05) is 13.8 Å². The zero-order valence-corrected chi connectivity index (χ0v) is 14.1. The second kappa shape index (κ2) is 5.69. The molecule has 1 amide bonds. The van der Waals surface area contributed by atoms with E-state index in [1.165, 1.54) is 25.1 Å². The van der Waals surface area contributed by atoms with Crippen molar-refractivity contribution >= 4 is 5.91 Å². The molecule has 1 heterocycles. The van der Waals surface area contributed by atoms with Crippen molar-refractivity contribution in [2.45, 2.75) is 57.4 Å². The Kier molecular flexibility index (Phi) is 4.02. The Morgan fingerprint density at radius 2 is 1.86 bits per heavy atom. The second-order valence-electron chi connectivity index (χ2n) is 7.54. The molecule has 1 aromatic rings. The number of likely N-dealkylation sites (tertiary alicyclic amines) is 1. The van der Waals surface area contributed by atoms with Crippen molar-refractivity contribution in [3.8, 4) is 0 Å². The van der Waals surface area contributed by atoms with Gasteiger partial charge in [-0.2, -0.15) is 0 Å². The normalized spacial score (nSPS) is 20.3.